The van der Waals surface area contributed by atoms with Crippen molar-refractivity contribution >= 4 is 22.6 Å². The third kappa shape index (κ3) is 3.81. The van der Waals surface area contributed by atoms with Crippen LogP contribution in [0.2, 0.25) is 0 Å². The molecule has 2 aromatic heterocycles. The summed E-state index contributed by atoms with van der Waals surface area (Å²) in [6.45, 7) is 3.74. The van der Waals surface area contributed by atoms with Gasteiger partial charge in [0, 0.05) is 11.9 Å². The number of fused-ring (bicyclic) bond motifs is 2. The molecule has 0 bridgehead atoms. The maximum atomic E-state index is 13.4. The fourth-order valence-electron chi connectivity index (χ4n) is 3.98. The number of pyridine rings is 1. The highest BCUT2D eigenvalue weighted by molar-refractivity contribution is 5.92. The third-order valence-corrected chi connectivity index (χ3v) is 5.94. The van der Waals surface area contributed by atoms with Gasteiger partial charge in [-0.05, 0) is 60.9 Å². The Labute approximate surface area is 194 Å². The molecule has 9 heteroatoms. The lowest BCUT2D eigenvalue weighted by Gasteiger charge is -2.15. The molecule has 0 atom stereocenters. The second-order valence-corrected chi connectivity index (χ2v) is 8.11. The number of aryl methyl sites for hydroxylation is 1. The van der Waals surface area contributed by atoms with E-state index in [1.807, 2.05) is 32.0 Å². The SMILES string of the molecule is Cc1cccc(NC(=O)Cn2c(=O)n(Cc3ccc4c(c3)OCO4)c(=O)c3ncccc32)c1C. The number of hydrogen-bond acceptors (Lipinski definition) is 6. The van der Waals surface area contributed by atoms with Crippen molar-refractivity contribution in [3.05, 3.63) is 92.3 Å². The molecule has 0 aliphatic carbocycles. The van der Waals surface area contributed by atoms with Crippen LogP contribution in [-0.4, -0.2) is 26.8 Å². The summed E-state index contributed by atoms with van der Waals surface area (Å²) < 4.78 is 13.1. The van der Waals surface area contributed by atoms with Gasteiger partial charge < -0.3 is 14.8 Å². The Hall–Kier alpha value is -4.40. The molecule has 2 aromatic carbocycles. The minimum atomic E-state index is -0.598. The van der Waals surface area contributed by atoms with E-state index in [-0.39, 0.29) is 31.3 Å². The van der Waals surface area contributed by atoms with Gasteiger partial charge in [-0.2, -0.15) is 0 Å². The molecule has 9 nitrogen and oxygen atoms in total. The molecule has 0 spiro atoms. The summed E-state index contributed by atoms with van der Waals surface area (Å²) in [6, 6.07) is 14.1. The van der Waals surface area contributed by atoms with Crippen LogP contribution in [0, 0.1) is 13.8 Å². The van der Waals surface area contributed by atoms with Crippen LogP contribution >= 0.6 is 0 Å². The number of ether oxygens (including phenoxy) is 2. The highest BCUT2D eigenvalue weighted by atomic mass is 16.7. The van der Waals surface area contributed by atoms with Gasteiger partial charge >= 0.3 is 5.69 Å². The molecule has 0 fully saturated rings. The van der Waals surface area contributed by atoms with Gasteiger partial charge in [0.05, 0.1) is 12.1 Å². The lowest BCUT2D eigenvalue weighted by atomic mass is 10.1. The molecule has 34 heavy (non-hydrogen) atoms. The minimum absolute atomic E-state index is 0.000567. The molecule has 1 aliphatic rings. The Morgan fingerprint density at radius 2 is 1.85 bits per heavy atom. The fourth-order valence-corrected chi connectivity index (χ4v) is 3.98. The number of aromatic nitrogens is 3. The quantitative estimate of drug-likeness (QED) is 0.493. The number of carbonyl (C=O) groups excluding carboxylic acids is 1. The Balaban J connectivity index is 1.54. The highest BCUT2D eigenvalue weighted by Crippen LogP contribution is 2.32. The monoisotopic (exact) mass is 458 g/mol. The van der Waals surface area contributed by atoms with E-state index >= 15 is 0 Å². The summed E-state index contributed by atoms with van der Waals surface area (Å²) >= 11 is 0. The zero-order valence-corrected chi connectivity index (χ0v) is 18.7. The first-order valence-corrected chi connectivity index (χ1v) is 10.8. The van der Waals surface area contributed by atoms with Crippen LogP contribution in [0.3, 0.4) is 0 Å². The number of hydrogen-bond donors (Lipinski definition) is 1. The van der Waals surface area contributed by atoms with Crippen molar-refractivity contribution in [1.82, 2.24) is 14.1 Å². The average molecular weight is 458 g/mol. The van der Waals surface area contributed by atoms with Gasteiger partial charge in [-0.3, -0.25) is 18.7 Å². The summed E-state index contributed by atoms with van der Waals surface area (Å²) in [5, 5.41) is 2.87. The molecule has 1 aliphatic heterocycles. The largest absolute Gasteiger partial charge is 0.454 e. The molecule has 172 valence electrons. The molecule has 0 saturated carbocycles. The minimum Gasteiger partial charge on any atom is -0.454 e. The Bertz CT molecular complexity index is 1550. The molecule has 1 amide bonds. The number of amides is 1. The number of carbonyl (C=O) groups is 1. The number of rotatable bonds is 5. The number of nitrogens with one attached hydrogen (secondary N) is 1. The average Bonchev–Trinajstić information content (AvgIpc) is 3.30. The molecule has 0 radical (unpaired) electrons. The summed E-state index contributed by atoms with van der Waals surface area (Å²) in [4.78, 5) is 43.6. The number of benzene rings is 2. The molecular formula is C25H22N4O5. The summed E-state index contributed by atoms with van der Waals surface area (Å²) in [5.74, 6) is 0.781. The lowest BCUT2D eigenvalue weighted by Crippen LogP contribution is -2.42. The number of nitrogens with zero attached hydrogens (tertiary/aromatic N) is 3. The van der Waals surface area contributed by atoms with Crippen LogP contribution in [0.5, 0.6) is 11.5 Å². The van der Waals surface area contributed by atoms with Gasteiger partial charge in [-0.1, -0.05) is 18.2 Å². The van der Waals surface area contributed by atoms with E-state index in [4.69, 9.17) is 9.47 Å². The third-order valence-electron chi connectivity index (χ3n) is 5.94. The summed E-state index contributed by atoms with van der Waals surface area (Å²) in [5.41, 5.74) is 2.64. The van der Waals surface area contributed by atoms with E-state index < -0.39 is 11.2 Å². The van der Waals surface area contributed by atoms with E-state index in [2.05, 4.69) is 10.3 Å². The van der Waals surface area contributed by atoms with Crippen LogP contribution < -0.4 is 26.0 Å². The Morgan fingerprint density at radius 3 is 2.71 bits per heavy atom. The molecule has 0 saturated heterocycles. The van der Waals surface area contributed by atoms with Crippen molar-refractivity contribution < 1.29 is 14.3 Å². The second kappa shape index (κ2) is 8.51. The first-order chi connectivity index (χ1) is 16.4. The molecule has 5 rings (SSSR count). The zero-order chi connectivity index (χ0) is 23.8. The van der Waals surface area contributed by atoms with Crippen molar-refractivity contribution in [3.63, 3.8) is 0 Å². The van der Waals surface area contributed by atoms with E-state index in [1.165, 1.54) is 10.8 Å². The molecule has 0 unspecified atom stereocenters. The topological polar surface area (TPSA) is 104 Å². The zero-order valence-electron chi connectivity index (χ0n) is 18.7. The van der Waals surface area contributed by atoms with Crippen molar-refractivity contribution in [1.29, 1.82) is 0 Å². The van der Waals surface area contributed by atoms with E-state index in [0.717, 1.165) is 15.7 Å². The van der Waals surface area contributed by atoms with Crippen molar-refractivity contribution in [2.75, 3.05) is 12.1 Å². The van der Waals surface area contributed by atoms with Crippen LogP contribution in [0.1, 0.15) is 16.7 Å². The predicted octanol–water partition coefficient (Wildman–Crippen LogP) is 2.59. The Morgan fingerprint density at radius 1 is 1.03 bits per heavy atom. The Kier molecular flexibility index (Phi) is 5.37. The van der Waals surface area contributed by atoms with Gasteiger partial charge in [0.1, 0.15) is 6.54 Å². The van der Waals surface area contributed by atoms with Crippen LogP contribution in [0.15, 0.2) is 64.3 Å². The molecule has 1 N–H and O–H groups in total. The van der Waals surface area contributed by atoms with Gasteiger partial charge in [0.2, 0.25) is 12.7 Å². The maximum absolute atomic E-state index is 13.4. The first kappa shape index (κ1) is 21.4. The standard InChI is InChI=1S/C25H22N4O5/c1-15-5-3-6-18(16(15)2)27-22(30)13-28-19-7-4-10-26-23(19)24(31)29(25(28)32)12-17-8-9-20-21(11-17)34-14-33-20/h3-11H,12-14H2,1-2H3,(H,27,30). The second-order valence-electron chi connectivity index (χ2n) is 8.11. The van der Waals surface area contributed by atoms with Gasteiger partial charge in [0.15, 0.2) is 17.0 Å². The van der Waals surface area contributed by atoms with Gasteiger partial charge in [0.25, 0.3) is 5.56 Å². The van der Waals surface area contributed by atoms with Crippen molar-refractivity contribution in [2.45, 2.75) is 26.9 Å². The normalized spacial score (nSPS) is 12.2. The first-order valence-electron chi connectivity index (χ1n) is 10.8. The van der Waals surface area contributed by atoms with Crippen molar-refractivity contribution in [2.24, 2.45) is 0 Å². The van der Waals surface area contributed by atoms with Crippen LogP contribution in [0.4, 0.5) is 5.69 Å². The van der Waals surface area contributed by atoms with E-state index in [1.54, 1.807) is 30.3 Å². The molecule has 3 heterocycles. The van der Waals surface area contributed by atoms with E-state index in [0.29, 0.717) is 28.3 Å². The van der Waals surface area contributed by atoms with Crippen LogP contribution in [-0.2, 0) is 17.9 Å². The summed E-state index contributed by atoms with van der Waals surface area (Å²) in [6.07, 6.45) is 1.49. The van der Waals surface area contributed by atoms with Crippen LogP contribution in [0.25, 0.3) is 11.0 Å². The van der Waals surface area contributed by atoms with Gasteiger partial charge in [-0.25, -0.2) is 9.78 Å². The predicted molar refractivity (Wildman–Crippen MR) is 126 cm³/mol. The molecular weight excluding hydrogens is 436 g/mol. The highest BCUT2D eigenvalue weighted by Gasteiger charge is 2.19. The summed E-state index contributed by atoms with van der Waals surface area (Å²) in [7, 11) is 0. The van der Waals surface area contributed by atoms with Gasteiger partial charge in [-0.15, -0.1) is 0 Å². The maximum Gasteiger partial charge on any atom is 0.332 e. The number of anilines is 1. The van der Waals surface area contributed by atoms with Crippen molar-refractivity contribution in [3.8, 4) is 11.5 Å². The fraction of sp³-hybridized carbons (Fsp3) is 0.200. The smallest absolute Gasteiger partial charge is 0.332 e. The van der Waals surface area contributed by atoms with E-state index in [9.17, 15) is 14.4 Å². The lowest BCUT2D eigenvalue weighted by molar-refractivity contribution is -0.116. The molecule has 4 aromatic rings.